The highest BCUT2D eigenvalue weighted by atomic mass is 127. The molecule has 1 aromatic carbocycles. The summed E-state index contributed by atoms with van der Waals surface area (Å²) in [4.78, 5) is 13.1. The van der Waals surface area contributed by atoms with Gasteiger partial charge in [-0.15, -0.1) is 24.0 Å². The monoisotopic (exact) mass is 490 g/mol. The zero-order chi connectivity index (χ0) is 18.6. The van der Waals surface area contributed by atoms with E-state index in [1.165, 1.54) is 0 Å². The van der Waals surface area contributed by atoms with Crippen LogP contribution < -0.4 is 15.8 Å². The van der Waals surface area contributed by atoms with Crippen LogP contribution in [0.2, 0.25) is 0 Å². The van der Waals surface area contributed by atoms with E-state index in [1.54, 1.807) is 6.20 Å². The fourth-order valence-electron chi connectivity index (χ4n) is 3.17. The Hall–Kier alpha value is -2.62. The van der Waals surface area contributed by atoms with Gasteiger partial charge in [0.05, 0.1) is 19.2 Å². The number of guanidine groups is 1. The largest absolute Gasteiger partial charge is 0.493 e. The van der Waals surface area contributed by atoms with Gasteiger partial charge in [0.15, 0.2) is 5.96 Å². The molecule has 8 heteroatoms. The van der Waals surface area contributed by atoms with Crippen molar-refractivity contribution >= 4 is 29.9 Å². The van der Waals surface area contributed by atoms with Crippen LogP contribution in [0.1, 0.15) is 29.4 Å². The second kappa shape index (κ2) is 9.05. The van der Waals surface area contributed by atoms with Gasteiger partial charge in [0, 0.05) is 30.6 Å². The molecule has 0 amide bonds. The number of nitrogens with zero attached hydrogens (tertiary/aromatic N) is 4. The van der Waals surface area contributed by atoms with E-state index in [0.29, 0.717) is 19.1 Å². The highest BCUT2D eigenvalue weighted by Crippen LogP contribution is 2.31. The lowest BCUT2D eigenvalue weighted by Gasteiger charge is -2.26. The summed E-state index contributed by atoms with van der Waals surface area (Å²) in [6.07, 6.45) is 6.32. The van der Waals surface area contributed by atoms with Crippen molar-refractivity contribution in [1.29, 1.82) is 0 Å². The predicted octanol–water partition coefficient (Wildman–Crippen LogP) is 3.12. The van der Waals surface area contributed by atoms with Crippen LogP contribution in [0.3, 0.4) is 0 Å². The second-order valence-electron chi connectivity index (χ2n) is 6.44. The summed E-state index contributed by atoms with van der Waals surface area (Å²) >= 11 is 0. The molecule has 3 aromatic rings. The minimum Gasteiger partial charge on any atom is -0.493 e. The van der Waals surface area contributed by atoms with Gasteiger partial charge in [-0.3, -0.25) is 4.57 Å². The zero-order valence-electron chi connectivity index (χ0n) is 15.6. The molecule has 1 unspecified atom stereocenters. The molecular weight excluding hydrogens is 467 g/mol. The van der Waals surface area contributed by atoms with Crippen LogP contribution in [-0.4, -0.2) is 27.1 Å². The third-order valence-corrected chi connectivity index (χ3v) is 4.59. The number of benzene rings is 1. The number of aromatic nitrogens is 3. The van der Waals surface area contributed by atoms with Crippen molar-refractivity contribution in [3.8, 4) is 11.6 Å². The van der Waals surface area contributed by atoms with Crippen LogP contribution in [0, 0.1) is 6.92 Å². The van der Waals surface area contributed by atoms with Crippen molar-refractivity contribution in [3.63, 3.8) is 0 Å². The highest BCUT2D eigenvalue weighted by molar-refractivity contribution is 14.0. The van der Waals surface area contributed by atoms with Gasteiger partial charge in [0.2, 0.25) is 0 Å². The molecule has 0 saturated heterocycles. The minimum absolute atomic E-state index is 0. The second-order valence-corrected chi connectivity index (χ2v) is 6.44. The molecule has 3 N–H and O–H groups in total. The Labute approximate surface area is 181 Å². The molecule has 1 aliphatic rings. The summed E-state index contributed by atoms with van der Waals surface area (Å²) in [5.74, 6) is 3.07. The number of rotatable bonds is 4. The lowest BCUT2D eigenvalue weighted by Crippen LogP contribution is -2.37. The van der Waals surface area contributed by atoms with Crippen LogP contribution in [0.15, 0.2) is 60.0 Å². The van der Waals surface area contributed by atoms with Crippen LogP contribution in [0.4, 0.5) is 0 Å². The number of ether oxygens (including phenoxy) is 1. The summed E-state index contributed by atoms with van der Waals surface area (Å²) in [7, 11) is 0. The Balaban J connectivity index is 0.00000225. The fourth-order valence-corrected chi connectivity index (χ4v) is 3.17. The van der Waals surface area contributed by atoms with Crippen molar-refractivity contribution in [2.24, 2.45) is 10.7 Å². The number of imidazole rings is 1. The van der Waals surface area contributed by atoms with E-state index in [1.807, 2.05) is 54.2 Å². The molecular formula is C20H23IN6O. The molecule has 3 heterocycles. The molecule has 0 aliphatic carbocycles. The Kier molecular flexibility index (Phi) is 6.50. The zero-order valence-corrected chi connectivity index (χ0v) is 17.9. The van der Waals surface area contributed by atoms with Gasteiger partial charge in [-0.05, 0) is 24.6 Å². The van der Waals surface area contributed by atoms with E-state index < -0.39 is 0 Å². The number of nitrogens with two attached hydrogens (primary N) is 1. The molecule has 1 atom stereocenters. The summed E-state index contributed by atoms with van der Waals surface area (Å²) in [5, 5.41) is 3.30. The Morgan fingerprint density at radius 2 is 2.14 bits per heavy atom. The van der Waals surface area contributed by atoms with Gasteiger partial charge in [0.1, 0.15) is 17.4 Å². The number of aryl methyl sites for hydroxylation is 1. The van der Waals surface area contributed by atoms with Crippen molar-refractivity contribution in [2.75, 3.05) is 6.61 Å². The third-order valence-electron chi connectivity index (χ3n) is 4.59. The van der Waals surface area contributed by atoms with Crippen molar-refractivity contribution < 1.29 is 4.74 Å². The average Bonchev–Trinajstić information content (AvgIpc) is 3.13. The number of nitrogens with one attached hydrogen (secondary N) is 1. The van der Waals surface area contributed by atoms with E-state index in [4.69, 9.17) is 10.5 Å². The van der Waals surface area contributed by atoms with E-state index in [2.05, 4.69) is 26.3 Å². The minimum atomic E-state index is 0. The van der Waals surface area contributed by atoms with Gasteiger partial charge >= 0.3 is 0 Å². The first kappa shape index (κ1) is 20.1. The van der Waals surface area contributed by atoms with E-state index >= 15 is 0 Å². The Bertz CT molecular complexity index is 953. The molecule has 2 aromatic heterocycles. The molecule has 0 bridgehead atoms. The van der Waals surface area contributed by atoms with Crippen LogP contribution in [0.25, 0.3) is 5.82 Å². The fraction of sp³-hybridized carbons (Fsp3) is 0.250. The maximum Gasteiger partial charge on any atom is 0.189 e. The maximum atomic E-state index is 6.10. The van der Waals surface area contributed by atoms with Gasteiger partial charge < -0.3 is 15.8 Å². The van der Waals surface area contributed by atoms with Gasteiger partial charge in [-0.2, -0.15) is 0 Å². The van der Waals surface area contributed by atoms with E-state index in [-0.39, 0.29) is 30.0 Å². The molecule has 28 heavy (non-hydrogen) atoms. The number of fused-ring (bicyclic) bond motifs is 1. The summed E-state index contributed by atoms with van der Waals surface area (Å²) in [6, 6.07) is 12.1. The maximum absolute atomic E-state index is 6.10. The van der Waals surface area contributed by atoms with Crippen molar-refractivity contribution in [2.45, 2.75) is 25.9 Å². The smallest absolute Gasteiger partial charge is 0.189 e. The first-order valence-corrected chi connectivity index (χ1v) is 8.94. The van der Waals surface area contributed by atoms with Crippen molar-refractivity contribution in [3.05, 3.63) is 71.9 Å². The normalized spacial score (nSPS) is 15.9. The van der Waals surface area contributed by atoms with E-state index in [0.717, 1.165) is 34.9 Å². The standard InChI is InChI=1S/C20H22N6O.HI/c1-14-22-9-10-26(14)19-7-6-15(12-23-19)13-24-20(21)25-17-8-11-27-18-5-3-2-4-16(17)18;/h2-7,9-10,12,17H,8,11,13H2,1H3,(H3,21,24,25);1H. The predicted molar refractivity (Wildman–Crippen MR) is 119 cm³/mol. The molecule has 146 valence electrons. The van der Waals surface area contributed by atoms with Gasteiger partial charge in [0.25, 0.3) is 0 Å². The molecule has 0 fully saturated rings. The lowest BCUT2D eigenvalue weighted by atomic mass is 10.0. The summed E-state index contributed by atoms with van der Waals surface area (Å²) in [6.45, 7) is 3.08. The van der Waals surface area contributed by atoms with Crippen LogP contribution >= 0.6 is 24.0 Å². The first-order chi connectivity index (χ1) is 13.2. The molecule has 4 rings (SSSR count). The number of para-hydroxylation sites is 1. The van der Waals surface area contributed by atoms with Crippen LogP contribution in [0.5, 0.6) is 5.75 Å². The number of pyridine rings is 1. The SMILES string of the molecule is Cc1nccn1-c1ccc(CN=C(N)NC2CCOc3ccccc32)cn1.I. The Morgan fingerprint density at radius 1 is 1.29 bits per heavy atom. The summed E-state index contributed by atoms with van der Waals surface area (Å²) < 4.78 is 7.62. The highest BCUT2D eigenvalue weighted by Gasteiger charge is 2.21. The molecule has 0 spiro atoms. The quantitative estimate of drug-likeness (QED) is 0.333. The third kappa shape index (κ3) is 4.44. The van der Waals surface area contributed by atoms with Crippen molar-refractivity contribution in [1.82, 2.24) is 19.9 Å². The molecule has 7 nitrogen and oxygen atoms in total. The number of aliphatic imine (C=N–C) groups is 1. The Morgan fingerprint density at radius 3 is 2.89 bits per heavy atom. The molecule has 1 aliphatic heterocycles. The van der Waals surface area contributed by atoms with Gasteiger partial charge in [-0.1, -0.05) is 24.3 Å². The van der Waals surface area contributed by atoms with Gasteiger partial charge in [-0.25, -0.2) is 15.0 Å². The molecule has 0 radical (unpaired) electrons. The molecule has 0 saturated carbocycles. The lowest BCUT2D eigenvalue weighted by molar-refractivity contribution is 0.262. The number of hydrogen-bond acceptors (Lipinski definition) is 4. The number of hydrogen-bond donors (Lipinski definition) is 2. The first-order valence-electron chi connectivity index (χ1n) is 8.94. The summed E-state index contributed by atoms with van der Waals surface area (Å²) in [5.41, 5.74) is 8.21. The van der Waals surface area contributed by atoms with E-state index in [9.17, 15) is 0 Å². The number of halogens is 1. The van der Waals surface area contributed by atoms with Crippen LogP contribution in [-0.2, 0) is 6.54 Å². The topological polar surface area (TPSA) is 90.4 Å². The average molecular weight is 490 g/mol.